The van der Waals surface area contributed by atoms with E-state index in [1.54, 1.807) is 6.20 Å². The first-order chi connectivity index (χ1) is 7.83. The van der Waals surface area contributed by atoms with E-state index in [2.05, 4.69) is 14.8 Å². The summed E-state index contributed by atoms with van der Waals surface area (Å²) >= 11 is 0. The standard InChI is InChI=1S/C12H18N4/c13-10-6-12(8-14-7-10)16-5-4-15-3-1-2-11(15)9-16/h6-8,11H,1-5,9,13H2. The average Bonchev–Trinajstić information content (AvgIpc) is 2.75. The molecule has 3 rings (SSSR count). The number of rotatable bonds is 1. The number of piperazine rings is 1. The molecule has 4 nitrogen and oxygen atoms in total. The van der Waals surface area contributed by atoms with E-state index < -0.39 is 0 Å². The van der Waals surface area contributed by atoms with Crippen LogP contribution in [0.25, 0.3) is 0 Å². The Labute approximate surface area is 96.1 Å². The third-order valence-electron chi connectivity index (χ3n) is 3.70. The number of nitrogen functional groups attached to an aromatic ring is 1. The van der Waals surface area contributed by atoms with E-state index in [1.807, 2.05) is 12.3 Å². The zero-order valence-corrected chi connectivity index (χ0v) is 9.47. The maximum Gasteiger partial charge on any atom is 0.0574 e. The van der Waals surface area contributed by atoms with Gasteiger partial charge in [-0.25, -0.2) is 0 Å². The van der Waals surface area contributed by atoms with E-state index in [9.17, 15) is 0 Å². The van der Waals surface area contributed by atoms with Crippen molar-refractivity contribution in [3.05, 3.63) is 18.5 Å². The first kappa shape index (κ1) is 9.90. The smallest absolute Gasteiger partial charge is 0.0574 e. The summed E-state index contributed by atoms with van der Waals surface area (Å²) in [6.45, 7) is 4.69. The van der Waals surface area contributed by atoms with Gasteiger partial charge < -0.3 is 10.6 Å². The summed E-state index contributed by atoms with van der Waals surface area (Å²) in [6.07, 6.45) is 6.32. The van der Waals surface area contributed by atoms with Gasteiger partial charge in [-0.3, -0.25) is 9.88 Å². The normalized spacial score (nSPS) is 25.8. The van der Waals surface area contributed by atoms with Crippen molar-refractivity contribution < 1.29 is 0 Å². The lowest BCUT2D eigenvalue weighted by Gasteiger charge is -2.38. The molecule has 1 aromatic rings. The summed E-state index contributed by atoms with van der Waals surface area (Å²) in [5.74, 6) is 0. The molecule has 0 saturated carbocycles. The largest absolute Gasteiger partial charge is 0.397 e. The Balaban J connectivity index is 1.76. The van der Waals surface area contributed by atoms with Crippen molar-refractivity contribution in [2.75, 3.05) is 36.8 Å². The molecule has 2 fully saturated rings. The lowest BCUT2D eigenvalue weighted by Crippen LogP contribution is -2.50. The van der Waals surface area contributed by atoms with Gasteiger partial charge in [0, 0.05) is 31.9 Å². The first-order valence-electron chi connectivity index (χ1n) is 6.02. The maximum atomic E-state index is 5.77. The molecule has 1 unspecified atom stereocenters. The highest BCUT2D eigenvalue weighted by atomic mass is 15.3. The monoisotopic (exact) mass is 218 g/mol. The Kier molecular flexibility index (Phi) is 2.44. The number of anilines is 2. The van der Waals surface area contributed by atoms with Crippen molar-refractivity contribution in [2.24, 2.45) is 0 Å². The first-order valence-corrected chi connectivity index (χ1v) is 6.02. The minimum Gasteiger partial charge on any atom is -0.397 e. The minimum absolute atomic E-state index is 0.746. The van der Waals surface area contributed by atoms with Gasteiger partial charge in [-0.2, -0.15) is 0 Å². The third kappa shape index (κ3) is 1.73. The fourth-order valence-corrected chi connectivity index (χ4v) is 2.84. The fourth-order valence-electron chi connectivity index (χ4n) is 2.84. The topological polar surface area (TPSA) is 45.4 Å². The van der Waals surface area contributed by atoms with Crippen molar-refractivity contribution in [3.8, 4) is 0 Å². The Morgan fingerprint density at radius 2 is 2.19 bits per heavy atom. The summed E-state index contributed by atoms with van der Waals surface area (Å²) < 4.78 is 0. The number of aromatic nitrogens is 1. The lowest BCUT2D eigenvalue weighted by atomic mass is 10.1. The SMILES string of the molecule is Nc1cncc(N2CCN3CCCC3C2)c1. The van der Waals surface area contributed by atoms with E-state index in [-0.39, 0.29) is 0 Å². The van der Waals surface area contributed by atoms with Crippen LogP contribution in [0.4, 0.5) is 11.4 Å². The Morgan fingerprint density at radius 3 is 3.06 bits per heavy atom. The molecule has 0 aliphatic carbocycles. The summed E-state index contributed by atoms with van der Waals surface area (Å²) in [7, 11) is 0. The lowest BCUT2D eigenvalue weighted by molar-refractivity contribution is 0.231. The summed E-state index contributed by atoms with van der Waals surface area (Å²) in [5.41, 5.74) is 7.70. The summed E-state index contributed by atoms with van der Waals surface area (Å²) in [4.78, 5) is 9.18. The van der Waals surface area contributed by atoms with Crippen molar-refractivity contribution in [3.63, 3.8) is 0 Å². The van der Waals surface area contributed by atoms with Gasteiger partial charge >= 0.3 is 0 Å². The molecule has 4 heteroatoms. The highest BCUT2D eigenvalue weighted by Crippen LogP contribution is 2.25. The quantitative estimate of drug-likeness (QED) is 0.762. The van der Waals surface area contributed by atoms with Gasteiger partial charge in [0.2, 0.25) is 0 Å². The predicted octanol–water partition coefficient (Wildman–Crippen LogP) is 0.948. The predicted molar refractivity (Wildman–Crippen MR) is 65.5 cm³/mol. The molecule has 0 amide bonds. The molecule has 2 aliphatic heterocycles. The minimum atomic E-state index is 0.746. The van der Waals surface area contributed by atoms with Gasteiger partial charge in [-0.15, -0.1) is 0 Å². The Morgan fingerprint density at radius 1 is 1.25 bits per heavy atom. The molecular formula is C12H18N4. The van der Waals surface area contributed by atoms with Crippen LogP contribution in [-0.4, -0.2) is 42.1 Å². The van der Waals surface area contributed by atoms with E-state index in [1.165, 1.54) is 31.6 Å². The number of nitrogens with two attached hydrogens (primary N) is 1. The fraction of sp³-hybridized carbons (Fsp3) is 0.583. The number of hydrogen-bond donors (Lipinski definition) is 1. The highest BCUT2D eigenvalue weighted by Gasteiger charge is 2.30. The van der Waals surface area contributed by atoms with Crippen LogP contribution < -0.4 is 10.6 Å². The van der Waals surface area contributed by atoms with Crippen molar-refractivity contribution >= 4 is 11.4 Å². The van der Waals surface area contributed by atoms with Crippen molar-refractivity contribution in [1.82, 2.24) is 9.88 Å². The second-order valence-electron chi connectivity index (χ2n) is 4.75. The molecule has 0 spiro atoms. The molecule has 2 aliphatic rings. The van der Waals surface area contributed by atoms with E-state index >= 15 is 0 Å². The molecule has 0 aromatic carbocycles. The average molecular weight is 218 g/mol. The van der Waals surface area contributed by atoms with Crippen LogP contribution in [0.1, 0.15) is 12.8 Å². The summed E-state index contributed by atoms with van der Waals surface area (Å²) in [6, 6.07) is 2.77. The maximum absolute atomic E-state index is 5.77. The summed E-state index contributed by atoms with van der Waals surface area (Å²) in [5, 5.41) is 0. The molecular weight excluding hydrogens is 200 g/mol. The van der Waals surface area contributed by atoms with Gasteiger partial charge in [0.15, 0.2) is 0 Å². The Bertz CT molecular complexity index is 379. The highest BCUT2D eigenvalue weighted by molar-refractivity contribution is 5.53. The van der Waals surface area contributed by atoms with Gasteiger partial charge in [-0.05, 0) is 25.5 Å². The molecule has 3 heterocycles. The third-order valence-corrected chi connectivity index (χ3v) is 3.70. The van der Waals surface area contributed by atoms with E-state index in [0.717, 1.165) is 24.8 Å². The molecule has 1 atom stereocenters. The van der Waals surface area contributed by atoms with Crippen LogP contribution in [0.15, 0.2) is 18.5 Å². The molecule has 0 bridgehead atoms. The van der Waals surface area contributed by atoms with Crippen LogP contribution in [0.3, 0.4) is 0 Å². The molecule has 86 valence electrons. The zero-order chi connectivity index (χ0) is 11.0. The molecule has 16 heavy (non-hydrogen) atoms. The van der Waals surface area contributed by atoms with Crippen LogP contribution in [0, 0.1) is 0 Å². The number of pyridine rings is 1. The van der Waals surface area contributed by atoms with E-state index in [0.29, 0.717) is 0 Å². The van der Waals surface area contributed by atoms with Gasteiger partial charge in [-0.1, -0.05) is 0 Å². The van der Waals surface area contributed by atoms with Crippen LogP contribution in [0.5, 0.6) is 0 Å². The Hall–Kier alpha value is -1.29. The molecule has 2 saturated heterocycles. The molecule has 2 N–H and O–H groups in total. The van der Waals surface area contributed by atoms with Gasteiger partial charge in [0.05, 0.1) is 17.6 Å². The number of hydrogen-bond acceptors (Lipinski definition) is 4. The zero-order valence-electron chi connectivity index (χ0n) is 9.47. The number of nitrogens with zero attached hydrogens (tertiary/aromatic N) is 3. The number of fused-ring (bicyclic) bond motifs is 1. The van der Waals surface area contributed by atoms with Gasteiger partial charge in [0.1, 0.15) is 0 Å². The van der Waals surface area contributed by atoms with Crippen molar-refractivity contribution in [2.45, 2.75) is 18.9 Å². The second kappa shape index (κ2) is 3.94. The van der Waals surface area contributed by atoms with Crippen LogP contribution >= 0.6 is 0 Å². The van der Waals surface area contributed by atoms with E-state index in [4.69, 9.17) is 5.73 Å². The molecule has 0 radical (unpaired) electrons. The molecule has 1 aromatic heterocycles. The van der Waals surface area contributed by atoms with Crippen LogP contribution in [-0.2, 0) is 0 Å². The second-order valence-corrected chi connectivity index (χ2v) is 4.75. The van der Waals surface area contributed by atoms with Crippen molar-refractivity contribution in [1.29, 1.82) is 0 Å². The van der Waals surface area contributed by atoms with Crippen LogP contribution in [0.2, 0.25) is 0 Å². The van der Waals surface area contributed by atoms with Gasteiger partial charge in [0.25, 0.3) is 0 Å².